The summed E-state index contributed by atoms with van der Waals surface area (Å²) in [5, 5.41) is 0. The van der Waals surface area contributed by atoms with Crippen LogP contribution in [0.4, 0.5) is 0 Å². The molecule has 0 N–H and O–H groups in total. The molecule has 20 heavy (non-hydrogen) atoms. The van der Waals surface area contributed by atoms with Crippen molar-refractivity contribution in [3.05, 3.63) is 12.2 Å². The highest BCUT2D eigenvalue weighted by Crippen LogP contribution is 1.80. The normalized spacial score (nSPS) is 9.10. The minimum absolute atomic E-state index is 0.144. The highest BCUT2D eigenvalue weighted by Gasteiger charge is 1.88. The molecule has 0 atom stereocenters. The standard InChI is InChI=1S/C14H16O6/c1-17-13(15)7-5-11-19-9-3-4-10-20-12-6-8-14(16)18-2/h3-4H,9-12H2,1-2H3/b4-3+. The number of esters is 2. The van der Waals surface area contributed by atoms with Gasteiger partial charge in [-0.25, -0.2) is 9.59 Å². The summed E-state index contributed by atoms with van der Waals surface area (Å²) >= 11 is 0. The Labute approximate surface area is 118 Å². The van der Waals surface area contributed by atoms with Crippen LogP contribution in [0.3, 0.4) is 0 Å². The van der Waals surface area contributed by atoms with Crippen molar-refractivity contribution in [3.8, 4) is 23.7 Å². The molecule has 0 unspecified atom stereocenters. The summed E-state index contributed by atoms with van der Waals surface area (Å²) in [7, 11) is 2.52. The molecule has 0 aliphatic carbocycles. The first-order chi connectivity index (χ1) is 9.70. The van der Waals surface area contributed by atoms with Gasteiger partial charge in [-0.15, -0.1) is 0 Å². The monoisotopic (exact) mass is 280 g/mol. The first-order valence-corrected chi connectivity index (χ1v) is 5.64. The highest BCUT2D eigenvalue weighted by molar-refractivity contribution is 5.88. The van der Waals surface area contributed by atoms with E-state index >= 15 is 0 Å². The van der Waals surface area contributed by atoms with Gasteiger partial charge in [0, 0.05) is 11.8 Å². The van der Waals surface area contributed by atoms with Crippen LogP contribution in [0.5, 0.6) is 0 Å². The van der Waals surface area contributed by atoms with Crippen LogP contribution >= 0.6 is 0 Å². The second kappa shape index (κ2) is 13.2. The van der Waals surface area contributed by atoms with E-state index in [9.17, 15) is 9.59 Å². The van der Waals surface area contributed by atoms with Gasteiger partial charge in [0.2, 0.25) is 0 Å². The average molecular weight is 280 g/mol. The van der Waals surface area contributed by atoms with Crippen LogP contribution in [0.25, 0.3) is 0 Å². The molecule has 0 rings (SSSR count). The Morgan fingerprint density at radius 1 is 0.850 bits per heavy atom. The molecule has 0 bridgehead atoms. The molecule has 0 aromatic carbocycles. The number of hydrogen-bond donors (Lipinski definition) is 0. The third kappa shape index (κ3) is 12.2. The van der Waals surface area contributed by atoms with Gasteiger partial charge in [0.15, 0.2) is 0 Å². The van der Waals surface area contributed by atoms with E-state index in [2.05, 4.69) is 33.2 Å². The van der Waals surface area contributed by atoms with Gasteiger partial charge in [0.1, 0.15) is 13.2 Å². The minimum Gasteiger partial charge on any atom is -0.459 e. The van der Waals surface area contributed by atoms with Crippen molar-refractivity contribution in [2.75, 3.05) is 40.6 Å². The lowest BCUT2D eigenvalue weighted by molar-refractivity contribution is -0.134. The molecule has 0 aromatic heterocycles. The van der Waals surface area contributed by atoms with Crippen LogP contribution < -0.4 is 0 Å². The summed E-state index contributed by atoms with van der Waals surface area (Å²) in [5.74, 6) is 8.28. The molecule has 0 spiro atoms. The van der Waals surface area contributed by atoms with Gasteiger partial charge in [-0.2, -0.15) is 0 Å². The first kappa shape index (κ1) is 17.7. The van der Waals surface area contributed by atoms with Crippen LogP contribution in [-0.2, 0) is 28.5 Å². The predicted octanol–water partition coefficient (Wildman–Crippen LogP) is -0.0714. The smallest absolute Gasteiger partial charge is 0.384 e. The molecule has 0 heterocycles. The topological polar surface area (TPSA) is 71.1 Å². The Balaban J connectivity index is 3.48. The number of ether oxygens (including phenoxy) is 4. The van der Waals surface area contributed by atoms with E-state index in [0.29, 0.717) is 13.2 Å². The van der Waals surface area contributed by atoms with E-state index in [1.807, 2.05) is 0 Å². The van der Waals surface area contributed by atoms with E-state index in [1.165, 1.54) is 14.2 Å². The number of hydrogen-bond acceptors (Lipinski definition) is 6. The fourth-order valence-electron chi connectivity index (χ4n) is 0.811. The van der Waals surface area contributed by atoms with Gasteiger partial charge < -0.3 is 18.9 Å². The average Bonchev–Trinajstić information content (AvgIpc) is 2.47. The van der Waals surface area contributed by atoms with Crippen molar-refractivity contribution >= 4 is 11.9 Å². The van der Waals surface area contributed by atoms with Gasteiger partial charge >= 0.3 is 11.9 Å². The van der Waals surface area contributed by atoms with Crippen LogP contribution in [0, 0.1) is 23.7 Å². The van der Waals surface area contributed by atoms with Crippen LogP contribution in [0.1, 0.15) is 0 Å². The Morgan fingerprint density at radius 3 is 1.60 bits per heavy atom. The minimum atomic E-state index is -0.592. The van der Waals surface area contributed by atoms with Gasteiger partial charge in [0.05, 0.1) is 27.4 Å². The number of rotatable bonds is 6. The molecule has 0 aliphatic heterocycles. The van der Waals surface area contributed by atoms with Gasteiger partial charge in [-0.3, -0.25) is 0 Å². The van der Waals surface area contributed by atoms with Crippen molar-refractivity contribution in [1.29, 1.82) is 0 Å². The second-order valence-electron chi connectivity index (χ2n) is 3.09. The molecule has 0 radical (unpaired) electrons. The third-order valence-electron chi connectivity index (χ3n) is 1.69. The molecule has 6 nitrogen and oxygen atoms in total. The molecule has 108 valence electrons. The zero-order chi connectivity index (χ0) is 15.1. The summed E-state index contributed by atoms with van der Waals surface area (Å²) in [6, 6.07) is 0. The van der Waals surface area contributed by atoms with Crippen LogP contribution in [-0.4, -0.2) is 52.6 Å². The summed E-state index contributed by atoms with van der Waals surface area (Å²) in [6.07, 6.45) is 3.49. The zero-order valence-corrected chi connectivity index (χ0v) is 11.4. The van der Waals surface area contributed by atoms with Gasteiger partial charge in [-0.05, 0) is 0 Å². The summed E-state index contributed by atoms with van der Waals surface area (Å²) in [6.45, 7) is 0.996. The van der Waals surface area contributed by atoms with E-state index in [-0.39, 0.29) is 13.2 Å². The Kier molecular flexibility index (Phi) is 11.7. The molecular weight excluding hydrogens is 264 g/mol. The maximum Gasteiger partial charge on any atom is 0.384 e. The first-order valence-electron chi connectivity index (χ1n) is 5.64. The fraction of sp³-hybridized carbons (Fsp3) is 0.429. The molecule has 0 fully saturated rings. The van der Waals surface area contributed by atoms with Crippen LogP contribution in [0.2, 0.25) is 0 Å². The maximum absolute atomic E-state index is 10.6. The van der Waals surface area contributed by atoms with Crippen molar-refractivity contribution < 1.29 is 28.5 Å². The number of carbonyl (C=O) groups is 2. The number of methoxy groups -OCH3 is 2. The van der Waals surface area contributed by atoms with Crippen molar-refractivity contribution in [3.63, 3.8) is 0 Å². The molecule has 0 aromatic rings. The Bertz CT molecular complexity index is 402. The summed E-state index contributed by atoms with van der Waals surface area (Å²) < 4.78 is 18.8. The molecular formula is C14H16O6. The Hall–Kier alpha value is -2.28. The zero-order valence-electron chi connectivity index (χ0n) is 11.4. The molecule has 0 saturated heterocycles. The van der Waals surface area contributed by atoms with E-state index in [4.69, 9.17) is 9.47 Å². The fourth-order valence-corrected chi connectivity index (χ4v) is 0.811. The van der Waals surface area contributed by atoms with E-state index in [0.717, 1.165) is 0 Å². The predicted molar refractivity (Wildman–Crippen MR) is 70.4 cm³/mol. The lowest BCUT2D eigenvalue weighted by atomic mass is 10.5. The molecule has 0 amide bonds. The lowest BCUT2D eigenvalue weighted by Gasteiger charge is -1.94. The third-order valence-corrected chi connectivity index (χ3v) is 1.69. The second-order valence-corrected chi connectivity index (χ2v) is 3.09. The quantitative estimate of drug-likeness (QED) is 0.223. The van der Waals surface area contributed by atoms with Crippen molar-refractivity contribution in [2.45, 2.75) is 0 Å². The van der Waals surface area contributed by atoms with Crippen molar-refractivity contribution in [2.24, 2.45) is 0 Å². The summed E-state index contributed by atoms with van der Waals surface area (Å²) in [4.78, 5) is 21.2. The maximum atomic E-state index is 10.6. The van der Waals surface area contributed by atoms with E-state index < -0.39 is 11.9 Å². The van der Waals surface area contributed by atoms with Gasteiger partial charge in [-0.1, -0.05) is 24.0 Å². The van der Waals surface area contributed by atoms with E-state index in [1.54, 1.807) is 12.2 Å². The van der Waals surface area contributed by atoms with Crippen molar-refractivity contribution in [1.82, 2.24) is 0 Å². The van der Waals surface area contributed by atoms with Gasteiger partial charge in [0.25, 0.3) is 0 Å². The number of carbonyl (C=O) groups excluding carboxylic acids is 2. The van der Waals surface area contributed by atoms with Crippen LogP contribution in [0.15, 0.2) is 12.2 Å². The Morgan fingerprint density at radius 2 is 1.25 bits per heavy atom. The summed E-state index contributed by atoms with van der Waals surface area (Å²) in [5.41, 5.74) is 0. The molecule has 0 aliphatic rings. The highest BCUT2D eigenvalue weighted by atomic mass is 16.5. The molecule has 6 heteroatoms. The SMILES string of the molecule is COC(=O)C#CCOC/C=C/COCC#CC(=O)OC. The largest absolute Gasteiger partial charge is 0.459 e. The molecule has 0 saturated carbocycles. The lowest BCUT2D eigenvalue weighted by Crippen LogP contribution is -1.98.